The summed E-state index contributed by atoms with van der Waals surface area (Å²) < 4.78 is 16.7. The summed E-state index contributed by atoms with van der Waals surface area (Å²) in [6.45, 7) is 8.43. The fraction of sp³-hybridized carbons (Fsp3) is 1.00. The van der Waals surface area contributed by atoms with Crippen molar-refractivity contribution >= 4 is 0 Å². The van der Waals surface area contributed by atoms with Crippen LogP contribution >= 0.6 is 0 Å². The van der Waals surface area contributed by atoms with Gasteiger partial charge in [0.15, 0.2) is 0 Å². The average molecular weight is 231 g/mol. The molecule has 0 atom stereocenters. The van der Waals surface area contributed by atoms with Crippen molar-refractivity contribution in [3.63, 3.8) is 0 Å². The van der Waals surface area contributed by atoms with E-state index < -0.39 is 0 Å². The van der Waals surface area contributed by atoms with Crippen LogP contribution in [-0.4, -0.2) is 45.2 Å². The van der Waals surface area contributed by atoms with Crippen LogP contribution in [0.1, 0.15) is 26.7 Å². The van der Waals surface area contributed by atoms with E-state index in [1.165, 1.54) is 0 Å². The Labute approximate surface area is 98.4 Å². The van der Waals surface area contributed by atoms with E-state index in [9.17, 15) is 0 Å². The number of hydrogen-bond donors (Lipinski definition) is 1. The molecule has 0 radical (unpaired) electrons. The van der Waals surface area contributed by atoms with Gasteiger partial charge in [-0.1, -0.05) is 13.8 Å². The normalized spacial score (nSPS) is 20.2. The second-order valence-corrected chi connectivity index (χ2v) is 4.82. The van der Waals surface area contributed by atoms with E-state index in [1.54, 1.807) is 0 Å². The van der Waals surface area contributed by atoms with E-state index in [0.717, 1.165) is 32.7 Å². The van der Waals surface area contributed by atoms with E-state index in [4.69, 9.17) is 19.9 Å². The van der Waals surface area contributed by atoms with Crippen LogP contribution in [0.15, 0.2) is 0 Å². The van der Waals surface area contributed by atoms with Crippen molar-refractivity contribution in [2.45, 2.75) is 32.3 Å². The third-order valence-electron chi connectivity index (χ3n) is 2.86. The molecule has 0 saturated carbocycles. The van der Waals surface area contributed by atoms with Crippen molar-refractivity contribution in [3.8, 4) is 0 Å². The van der Waals surface area contributed by atoms with Crippen LogP contribution < -0.4 is 5.73 Å². The first-order chi connectivity index (χ1) is 7.68. The molecule has 1 rings (SSSR count). The molecule has 16 heavy (non-hydrogen) atoms. The monoisotopic (exact) mass is 231 g/mol. The number of rotatable bonds is 7. The molecule has 0 aromatic carbocycles. The molecule has 4 heteroatoms. The molecule has 0 unspecified atom stereocenters. The summed E-state index contributed by atoms with van der Waals surface area (Å²) in [5, 5.41) is 0. The second-order valence-electron chi connectivity index (χ2n) is 4.82. The maximum Gasteiger partial charge on any atom is 0.0849 e. The van der Waals surface area contributed by atoms with Gasteiger partial charge in [0.25, 0.3) is 0 Å². The van der Waals surface area contributed by atoms with Crippen LogP contribution in [0.2, 0.25) is 0 Å². The summed E-state index contributed by atoms with van der Waals surface area (Å²) in [4.78, 5) is 0. The molecule has 2 N–H and O–H groups in total. The predicted molar refractivity (Wildman–Crippen MR) is 63.4 cm³/mol. The van der Waals surface area contributed by atoms with Gasteiger partial charge in [0.05, 0.1) is 18.8 Å². The molecule has 0 amide bonds. The topological polar surface area (TPSA) is 53.7 Å². The fourth-order valence-electron chi connectivity index (χ4n) is 1.79. The predicted octanol–water partition coefficient (Wildman–Crippen LogP) is 1.18. The lowest BCUT2D eigenvalue weighted by atomic mass is 9.94. The van der Waals surface area contributed by atoms with Crippen LogP contribution in [0.4, 0.5) is 0 Å². The van der Waals surface area contributed by atoms with E-state index in [1.807, 2.05) is 0 Å². The van der Waals surface area contributed by atoms with Crippen LogP contribution in [0.25, 0.3) is 0 Å². The van der Waals surface area contributed by atoms with Crippen molar-refractivity contribution < 1.29 is 14.2 Å². The van der Waals surface area contributed by atoms with Gasteiger partial charge < -0.3 is 19.9 Å². The quantitative estimate of drug-likeness (QED) is 0.669. The minimum absolute atomic E-state index is 0.167. The standard InChI is InChI=1S/C12H25NO3/c1-11(2)9-15-7-8-16-12(10-13)3-5-14-6-4-12/h11H,3-10,13H2,1-2H3. The largest absolute Gasteiger partial charge is 0.381 e. The number of hydrogen-bond acceptors (Lipinski definition) is 4. The molecular formula is C12H25NO3. The highest BCUT2D eigenvalue weighted by atomic mass is 16.5. The first-order valence-electron chi connectivity index (χ1n) is 6.18. The molecule has 0 bridgehead atoms. The van der Waals surface area contributed by atoms with Gasteiger partial charge in [-0.3, -0.25) is 0 Å². The molecule has 0 aliphatic carbocycles. The molecular weight excluding hydrogens is 206 g/mol. The fourth-order valence-corrected chi connectivity index (χ4v) is 1.79. The SMILES string of the molecule is CC(C)COCCOC1(CN)CCOCC1. The molecule has 1 fully saturated rings. The zero-order valence-electron chi connectivity index (χ0n) is 10.5. The summed E-state index contributed by atoms with van der Waals surface area (Å²) in [6.07, 6.45) is 1.79. The van der Waals surface area contributed by atoms with Crippen molar-refractivity contribution in [1.82, 2.24) is 0 Å². The third-order valence-corrected chi connectivity index (χ3v) is 2.86. The van der Waals surface area contributed by atoms with Crippen molar-refractivity contribution in [2.24, 2.45) is 11.7 Å². The van der Waals surface area contributed by atoms with E-state index in [-0.39, 0.29) is 5.60 Å². The second kappa shape index (κ2) is 7.22. The third kappa shape index (κ3) is 4.78. The van der Waals surface area contributed by atoms with Crippen molar-refractivity contribution in [2.75, 3.05) is 39.6 Å². The zero-order chi connectivity index (χ0) is 11.9. The van der Waals surface area contributed by atoms with E-state index in [0.29, 0.717) is 25.7 Å². The highest BCUT2D eigenvalue weighted by Gasteiger charge is 2.31. The lowest BCUT2D eigenvalue weighted by molar-refractivity contribution is -0.116. The van der Waals surface area contributed by atoms with Crippen molar-refractivity contribution in [3.05, 3.63) is 0 Å². The maximum absolute atomic E-state index is 5.87. The Balaban J connectivity index is 2.13. The molecule has 0 aromatic rings. The molecule has 1 aliphatic rings. The van der Waals surface area contributed by atoms with E-state index >= 15 is 0 Å². The summed E-state index contributed by atoms with van der Waals surface area (Å²) in [6, 6.07) is 0. The van der Waals surface area contributed by atoms with Gasteiger partial charge in [-0.25, -0.2) is 0 Å². The molecule has 1 heterocycles. The minimum Gasteiger partial charge on any atom is -0.381 e. The summed E-state index contributed by atoms with van der Waals surface area (Å²) >= 11 is 0. The summed E-state index contributed by atoms with van der Waals surface area (Å²) in [7, 11) is 0. The number of ether oxygens (including phenoxy) is 3. The highest BCUT2D eigenvalue weighted by Crippen LogP contribution is 2.23. The Hall–Kier alpha value is -0.160. The molecule has 0 aromatic heterocycles. The van der Waals surface area contributed by atoms with Gasteiger partial charge in [0, 0.05) is 39.2 Å². The molecule has 1 aliphatic heterocycles. The summed E-state index contributed by atoms with van der Waals surface area (Å²) in [5.74, 6) is 0.576. The molecule has 1 saturated heterocycles. The van der Waals surface area contributed by atoms with Crippen LogP contribution in [0.3, 0.4) is 0 Å². The summed E-state index contributed by atoms with van der Waals surface area (Å²) in [5.41, 5.74) is 5.61. The zero-order valence-corrected chi connectivity index (χ0v) is 10.5. The van der Waals surface area contributed by atoms with E-state index in [2.05, 4.69) is 13.8 Å². The molecule has 4 nitrogen and oxygen atoms in total. The Morgan fingerprint density at radius 1 is 1.25 bits per heavy atom. The first kappa shape index (κ1) is 13.9. The van der Waals surface area contributed by atoms with Crippen LogP contribution in [0, 0.1) is 5.92 Å². The Morgan fingerprint density at radius 3 is 2.50 bits per heavy atom. The van der Waals surface area contributed by atoms with Crippen molar-refractivity contribution in [1.29, 1.82) is 0 Å². The number of nitrogens with two attached hydrogens (primary N) is 1. The average Bonchev–Trinajstić information content (AvgIpc) is 2.29. The van der Waals surface area contributed by atoms with Gasteiger partial charge in [-0.05, 0) is 5.92 Å². The smallest absolute Gasteiger partial charge is 0.0849 e. The van der Waals surface area contributed by atoms with Crippen LogP contribution in [0.5, 0.6) is 0 Å². The maximum atomic E-state index is 5.87. The Kier molecular flexibility index (Phi) is 6.28. The van der Waals surface area contributed by atoms with Gasteiger partial charge in [-0.2, -0.15) is 0 Å². The minimum atomic E-state index is -0.167. The Morgan fingerprint density at radius 2 is 1.94 bits per heavy atom. The van der Waals surface area contributed by atoms with Crippen LogP contribution in [-0.2, 0) is 14.2 Å². The van der Waals surface area contributed by atoms with Gasteiger partial charge >= 0.3 is 0 Å². The lowest BCUT2D eigenvalue weighted by Gasteiger charge is -2.36. The van der Waals surface area contributed by atoms with Gasteiger partial charge in [0.2, 0.25) is 0 Å². The molecule has 0 spiro atoms. The van der Waals surface area contributed by atoms with Gasteiger partial charge in [0.1, 0.15) is 0 Å². The Bertz CT molecular complexity index is 179. The molecule has 96 valence electrons. The highest BCUT2D eigenvalue weighted by molar-refractivity contribution is 4.84. The van der Waals surface area contributed by atoms with Gasteiger partial charge in [-0.15, -0.1) is 0 Å². The first-order valence-corrected chi connectivity index (χ1v) is 6.18. The lowest BCUT2D eigenvalue weighted by Crippen LogP contribution is -2.46.